The molecular formula is C13H24Si. The van der Waals surface area contributed by atoms with Gasteiger partial charge in [0.25, 0.3) is 0 Å². The van der Waals surface area contributed by atoms with Crippen LogP contribution in [-0.2, 0) is 0 Å². The highest BCUT2D eigenvalue weighted by Gasteiger charge is 2.38. The van der Waals surface area contributed by atoms with E-state index < -0.39 is 8.07 Å². The van der Waals surface area contributed by atoms with E-state index >= 15 is 0 Å². The van der Waals surface area contributed by atoms with E-state index in [0.717, 1.165) is 11.8 Å². The second kappa shape index (κ2) is 3.51. The molecule has 2 rings (SSSR count). The zero-order chi connectivity index (χ0) is 10.3. The summed E-state index contributed by atoms with van der Waals surface area (Å²) in [5.41, 5.74) is 3.70. The Bertz CT molecular complexity index is 262. The number of hydrogen-bond donors (Lipinski definition) is 0. The second-order valence-corrected chi connectivity index (χ2v) is 11.5. The van der Waals surface area contributed by atoms with Crippen LogP contribution in [0.1, 0.15) is 33.1 Å². The normalized spacial score (nSPS) is 31.7. The average Bonchev–Trinajstić information content (AvgIpc) is 2.70. The summed E-state index contributed by atoms with van der Waals surface area (Å²) in [5.74, 6) is 2.01. The molecule has 0 spiro atoms. The van der Waals surface area contributed by atoms with Crippen molar-refractivity contribution in [3.8, 4) is 0 Å². The summed E-state index contributed by atoms with van der Waals surface area (Å²) in [6.45, 7) is 9.91. The first-order chi connectivity index (χ1) is 6.53. The molecule has 1 saturated carbocycles. The van der Waals surface area contributed by atoms with Crippen molar-refractivity contribution in [2.75, 3.05) is 0 Å². The van der Waals surface area contributed by atoms with Gasteiger partial charge in [-0.15, -0.1) is 0 Å². The van der Waals surface area contributed by atoms with Crippen LogP contribution < -0.4 is 0 Å². The van der Waals surface area contributed by atoms with Crippen molar-refractivity contribution in [2.45, 2.75) is 58.3 Å². The molecule has 1 heteroatoms. The lowest BCUT2D eigenvalue weighted by Crippen LogP contribution is -2.25. The van der Waals surface area contributed by atoms with Gasteiger partial charge in [0.05, 0.1) is 8.07 Å². The number of hydrogen-bond acceptors (Lipinski definition) is 0. The van der Waals surface area contributed by atoms with Crippen LogP contribution in [0.3, 0.4) is 0 Å². The van der Waals surface area contributed by atoms with Crippen molar-refractivity contribution in [3.05, 3.63) is 11.1 Å². The molecule has 0 N–H and O–H groups in total. The minimum absolute atomic E-state index is 0.879. The molecule has 2 aliphatic rings. The predicted octanol–water partition coefficient (Wildman–Crippen LogP) is 4.46. The second-order valence-electron chi connectivity index (χ2n) is 6.11. The monoisotopic (exact) mass is 208 g/mol. The maximum atomic E-state index is 2.55. The Morgan fingerprint density at radius 2 is 1.86 bits per heavy atom. The smallest absolute Gasteiger partial charge is 0.0511 e. The molecule has 0 radical (unpaired) electrons. The van der Waals surface area contributed by atoms with Gasteiger partial charge in [-0.05, 0) is 44.1 Å². The van der Waals surface area contributed by atoms with Gasteiger partial charge in [-0.1, -0.05) is 37.2 Å². The van der Waals surface area contributed by atoms with E-state index in [0.29, 0.717) is 0 Å². The lowest BCUT2D eigenvalue weighted by molar-refractivity contribution is 0.646. The van der Waals surface area contributed by atoms with Crippen LogP contribution >= 0.6 is 0 Å². The van der Waals surface area contributed by atoms with E-state index in [4.69, 9.17) is 0 Å². The summed E-state index contributed by atoms with van der Waals surface area (Å²) in [5, 5.41) is 0. The van der Waals surface area contributed by atoms with Gasteiger partial charge in [-0.25, -0.2) is 0 Å². The summed E-state index contributed by atoms with van der Waals surface area (Å²) in [4.78, 5) is 0. The third kappa shape index (κ3) is 1.71. The van der Waals surface area contributed by atoms with Crippen molar-refractivity contribution in [2.24, 2.45) is 11.8 Å². The zero-order valence-electron chi connectivity index (χ0n) is 10.2. The van der Waals surface area contributed by atoms with E-state index in [1.807, 2.05) is 5.57 Å². The molecule has 0 aromatic carbocycles. The molecule has 14 heavy (non-hydrogen) atoms. The van der Waals surface area contributed by atoms with Gasteiger partial charge in [0.1, 0.15) is 0 Å². The fourth-order valence-electron chi connectivity index (χ4n) is 3.20. The van der Waals surface area contributed by atoms with Crippen LogP contribution in [0.4, 0.5) is 0 Å². The first kappa shape index (κ1) is 10.5. The minimum atomic E-state index is -0.879. The third-order valence-electron chi connectivity index (χ3n) is 4.67. The Morgan fingerprint density at radius 1 is 1.21 bits per heavy atom. The summed E-state index contributed by atoms with van der Waals surface area (Å²) in [6, 6.07) is 2.94. The predicted molar refractivity (Wildman–Crippen MR) is 66.3 cm³/mol. The standard InChI is InChI=1S/C13H24Si/c1-5-14(3,4)9-13-10(2)11-6-7-12(13)8-11/h11-12H,5-9H2,1-4H3/t11-,12+/m0/s1. The Labute approximate surface area is 89.8 Å². The van der Waals surface area contributed by atoms with Crippen LogP contribution in [0.25, 0.3) is 0 Å². The molecule has 2 aliphatic carbocycles. The molecule has 2 bridgehead atoms. The quantitative estimate of drug-likeness (QED) is 0.474. The molecule has 1 fully saturated rings. The molecule has 0 unspecified atom stereocenters. The van der Waals surface area contributed by atoms with Gasteiger partial charge >= 0.3 is 0 Å². The fourth-order valence-corrected chi connectivity index (χ4v) is 5.05. The summed E-state index contributed by atoms with van der Waals surface area (Å²) in [6.07, 6.45) is 4.51. The molecular weight excluding hydrogens is 184 g/mol. The summed E-state index contributed by atoms with van der Waals surface area (Å²) < 4.78 is 0. The zero-order valence-corrected chi connectivity index (χ0v) is 11.2. The SMILES string of the molecule is CC[Si](C)(C)CC1=C(C)[C@H]2CC[C@@H]1C2. The lowest BCUT2D eigenvalue weighted by Gasteiger charge is -2.26. The molecule has 0 saturated heterocycles. The van der Waals surface area contributed by atoms with E-state index in [2.05, 4.69) is 26.9 Å². The number of rotatable bonds is 3. The van der Waals surface area contributed by atoms with Crippen LogP contribution in [0.5, 0.6) is 0 Å². The van der Waals surface area contributed by atoms with Gasteiger partial charge in [0.15, 0.2) is 0 Å². The minimum Gasteiger partial charge on any atom is -0.0710 e. The number of fused-ring (bicyclic) bond motifs is 2. The highest BCUT2D eigenvalue weighted by Crippen LogP contribution is 2.50. The Hall–Kier alpha value is -0.0431. The molecule has 0 amide bonds. The van der Waals surface area contributed by atoms with E-state index in [-0.39, 0.29) is 0 Å². The summed E-state index contributed by atoms with van der Waals surface area (Å²) in [7, 11) is -0.879. The topological polar surface area (TPSA) is 0 Å². The van der Waals surface area contributed by atoms with Crippen LogP contribution in [0, 0.1) is 11.8 Å². The van der Waals surface area contributed by atoms with Gasteiger partial charge < -0.3 is 0 Å². The highest BCUT2D eigenvalue weighted by atomic mass is 28.3. The van der Waals surface area contributed by atoms with Gasteiger partial charge in [-0.2, -0.15) is 0 Å². The summed E-state index contributed by atoms with van der Waals surface area (Å²) >= 11 is 0. The highest BCUT2D eigenvalue weighted by molar-refractivity contribution is 6.77. The average molecular weight is 208 g/mol. The molecule has 0 nitrogen and oxygen atoms in total. The van der Waals surface area contributed by atoms with Crippen LogP contribution in [0.15, 0.2) is 11.1 Å². The van der Waals surface area contributed by atoms with E-state index in [9.17, 15) is 0 Å². The van der Waals surface area contributed by atoms with Gasteiger partial charge in [0.2, 0.25) is 0 Å². The van der Waals surface area contributed by atoms with Gasteiger partial charge in [0, 0.05) is 0 Å². The molecule has 80 valence electrons. The molecule has 0 aliphatic heterocycles. The fraction of sp³-hybridized carbons (Fsp3) is 0.846. The van der Waals surface area contributed by atoms with Crippen molar-refractivity contribution >= 4 is 8.07 Å². The lowest BCUT2D eigenvalue weighted by atomic mass is 9.94. The van der Waals surface area contributed by atoms with Crippen molar-refractivity contribution in [1.82, 2.24) is 0 Å². The van der Waals surface area contributed by atoms with Crippen LogP contribution in [-0.4, -0.2) is 8.07 Å². The third-order valence-corrected chi connectivity index (χ3v) is 7.92. The molecule has 0 aromatic heterocycles. The van der Waals surface area contributed by atoms with E-state index in [1.165, 1.54) is 31.4 Å². The number of allylic oxidation sites excluding steroid dienone is 2. The molecule has 2 atom stereocenters. The van der Waals surface area contributed by atoms with E-state index in [1.54, 1.807) is 5.57 Å². The Kier molecular flexibility index (Phi) is 2.63. The first-order valence-corrected chi connectivity index (χ1v) is 9.64. The molecule has 0 aromatic rings. The van der Waals surface area contributed by atoms with Gasteiger partial charge in [-0.3, -0.25) is 0 Å². The largest absolute Gasteiger partial charge is 0.0710 e. The first-order valence-electron chi connectivity index (χ1n) is 6.23. The maximum Gasteiger partial charge on any atom is 0.0511 e. The maximum absolute atomic E-state index is 2.55. The van der Waals surface area contributed by atoms with Crippen molar-refractivity contribution < 1.29 is 0 Å². The Balaban J connectivity index is 2.12. The Morgan fingerprint density at radius 3 is 2.36 bits per heavy atom. The van der Waals surface area contributed by atoms with Crippen molar-refractivity contribution in [3.63, 3.8) is 0 Å². The van der Waals surface area contributed by atoms with Crippen molar-refractivity contribution in [1.29, 1.82) is 0 Å². The van der Waals surface area contributed by atoms with Crippen LogP contribution in [0.2, 0.25) is 25.2 Å². The molecule has 0 heterocycles.